The Bertz CT molecular complexity index is 932. The molecule has 0 bridgehead atoms. The third-order valence-corrected chi connectivity index (χ3v) is 4.32. The first-order valence-electron chi connectivity index (χ1n) is 8.45. The molecule has 0 atom stereocenters. The Balaban J connectivity index is 2.00. The van der Waals surface area contributed by atoms with Gasteiger partial charge in [0.15, 0.2) is 5.78 Å². The van der Waals surface area contributed by atoms with E-state index in [0.717, 1.165) is 0 Å². The van der Waals surface area contributed by atoms with E-state index in [0.29, 0.717) is 35.4 Å². The van der Waals surface area contributed by atoms with Crippen LogP contribution in [0.1, 0.15) is 27.1 Å². The maximum atomic E-state index is 13.0. The van der Waals surface area contributed by atoms with Gasteiger partial charge in [0.1, 0.15) is 0 Å². The molecule has 1 amide bonds. The molecule has 1 heterocycles. The second-order valence-electron chi connectivity index (χ2n) is 6.47. The topological polar surface area (TPSA) is 83.8 Å². The highest BCUT2D eigenvalue weighted by molar-refractivity contribution is 6.17. The molecular weight excluding hydrogens is 346 g/mol. The van der Waals surface area contributed by atoms with Gasteiger partial charge in [0.2, 0.25) is 0 Å². The van der Waals surface area contributed by atoms with E-state index in [-0.39, 0.29) is 17.4 Å². The molecule has 3 rings (SSSR count). The largest absolute Gasteiger partial charge is 0.383 e. The summed E-state index contributed by atoms with van der Waals surface area (Å²) in [7, 11) is 3.69. The Kier molecular flexibility index (Phi) is 5.03. The molecule has 1 aliphatic heterocycles. The summed E-state index contributed by atoms with van der Waals surface area (Å²) in [6, 6.07) is 12.5. The number of non-ortho nitro benzene ring substituents is 1. The lowest BCUT2D eigenvalue weighted by Crippen LogP contribution is -2.31. The number of benzene rings is 2. The highest BCUT2D eigenvalue weighted by atomic mass is 16.6. The van der Waals surface area contributed by atoms with Gasteiger partial charge < -0.3 is 9.80 Å². The van der Waals surface area contributed by atoms with Gasteiger partial charge in [-0.3, -0.25) is 19.7 Å². The fourth-order valence-electron chi connectivity index (χ4n) is 3.07. The van der Waals surface area contributed by atoms with E-state index in [1.807, 2.05) is 19.0 Å². The first-order valence-corrected chi connectivity index (χ1v) is 8.45. The summed E-state index contributed by atoms with van der Waals surface area (Å²) in [6.45, 7) is 0.345. The lowest BCUT2D eigenvalue weighted by Gasteiger charge is -2.22. The molecule has 0 spiro atoms. The first-order chi connectivity index (χ1) is 12.9. The van der Waals surface area contributed by atoms with Crippen LogP contribution < -0.4 is 4.90 Å². The molecule has 0 aliphatic carbocycles. The summed E-state index contributed by atoms with van der Waals surface area (Å²) in [6.07, 6.45) is 2.20. The zero-order chi connectivity index (χ0) is 19.6. The van der Waals surface area contributed by atoms with Crippen molar-refractivity contribution in [3.05, 3.63) is 81.5 Å². The van der Waals surface area contributed by atoms with Crippen molar-refractivity contribution in [2.75, 3.05) is 25.5 Å². The quantitative estimate of drug-likeness (QED) is 0.473. The minimum Gasteiger partial charge on any atom is -0.383 e. The number of nitro benzene ring substituents is 1. The van der Waals surface area contributed by atoms with Crippen LogP contribution in [0.5, 0.6) is 0 Å². The molecule has 2 aromatic carbocycles. The Morgan fingerprint density at radius 1 is 1.15 bits per heavy atom. The fourth-order valence-corrected chi connectivity index (χ4v) is 3.07. The number of ketones is 1. The number of Topliss-reactive ketones (excluding diaryl/α,β-unsaturated/α-hetero) is 1. The summed E-state index contributed by atoms with van der Waals surface area (Å²) < 4.78 is 0. The summed E-state index contributed by atoms with van der Waals surface area (Å²) in [5.74, 6) is -0.394. The van der Waals surface area contributed by atoms with E-state index < -0.39 is 4.92 Å². The van der Waals surface area contributed by atoms with Crippen LogP contribution in [0.4, 0.5) is 11.4 Å². The fraction of sp³-hybridized carbons (Fsp3) is 0.200. The Labute approximate surface area is 156 Å². The van der Waals surface area contributed by atoms with Gasteiger partial charge in [-0.05, 0) is 30.7 Å². The normalized spacial score (nSPS) is 15.3. The summed E-state index contributed by atoms with van der Waals surface area (Å²) in [5.41, 5.74) is 1.91. The van der Waals surface area contributed by atoms with Crippen molar-refractivity contribution < 1.29 is 14.5 Å². The van der Waals surface area contributed by atoms with Gasteiger partial charge in [-0.2, -0.15) is 0 Å². The van der Waals surface area contributed by atoms with E-state index in [9.17, 15) is 19.7 Å². The first kappa shape index (κ1) is 18.3. The number of fused-ring (bicyclic) bond motifs is 1. The number of nitro groups is 1. The Hall–Kier alpha value is -3.48. The lowest BCUT2D eigenvalue weighted by molar-refractivity contribution is -0.384. The van der Waals surface area contributed by atoms with Gasteiger partial charge >= 0.3 is 0 Å². The van der Waals surface area contributed by atoms with Crippen molar-refractivity contribution in [2.45, 2.75) is 6.42 Å². The Morgan fingerprint density at radius 3 is 2.44 bits per heavy atom. The molecule has 27 heavy (non-hydrogen) atoms. The second kappa shape index (κ2) is 7.41. The number of amides is 1. The van der Waals surface area contributed by atoms with E-state index in [2.05, 4.69) is 0 Å². The molecule has 1 aliphatic rings. The maximum absolute atomic E-state index is 13.0. The molecule has 0 saturated heterocycles. The number of para-hydroxylation sites is 1. The van der Waals surface area contributed by atoms with Crippen molar-refractivity contribution in [1.29, 1.82) is 0 Å². The third kappa shape index (κ3) is 3.72. The average molecular weight is 365 g/mol. The average Bonchev–Trinajstić information content (AvgIpc) is 2.79. The van der Waals surface area contributed by atoms with Gasteiger partial charge in [0, 0.05) is 55.7 Å². The molecular formula is C20H19N3O4. The number of hydrogen-bond acceptors (Lipinski definition) is 5. The highest BCUT2D eigenvalue weighted by Crippen LogP contribution is 2.30. The van der Waals surface area contributed by atoms with Crippen LogP contribution in [0, 0.1) is 10.1 Å². The van der Waals surface area contributed by atoms with E-state index >= 15 is 0 Å². The zero-order valence-corrected chi connectivity index (χ0v) is 15.1. The number of nitrogens with zero attached hydrogens (tertiary/aromatic N) is 3. The van der Waals surface area contributed by atoms with E-state index in [4.69, 9.17) is 0 Å². The van der Waals surface area contributed by atoms with Gasteiger partial charge in [-0.1, -0.05) is 12.1 Å². The molecule has 0 radical (unpaired) electrons. The van der Waals surface area contributed by atoms with Gasteiger partial charge in [-0.15, -0.1) is 0 Å². The Morgan fingerprint density at radius 2 is 1.81 bits per heavy atom. The summed E-state index contributed by atoms with van der Waals surface area (Å²) >= 11 is 0. The predicted octanol–water partition coefficient (Wildman–Crippen LogP) is 3.27. The number of anilines is 1. The molecule has 138 valence electrons. The third-order valence-electron chi connectivity index (χ3n) is 4.32. The molecule has 0 fully saturated rings. The SMILES string of the molecule is CN(C)/C=C1\CCN(C(=O)c2ccc([N+](=O)[O-])cc2)c2ccccc2C1=O. The number of hydrogen-bond donors (Lipinski definition) is 0. The molecule has 0 N–H and O–H groups in total. The predicted molar refractivity (Wildman–Crippen MR) is 102 cm³/mol. The lowest BCUT2D eigenvalue weighted by atomic mass is 10.0. The summed E-state index contributed by atoms with van der Waals surface area (Å²) in [4.78, 5) is 39.6. The van der Waals surface area contributed by atoms with Crippen LogP contribution in [0.3, 0.4) is 0 Å². The smallest absolute Gasteiger partial charge is 0.269 e. The van der Waals surface area contributed by atoms with Crippen LogP contribution in [0.25, 0.3) is 0 Å². The van der Waals surface area contributed by atoms with Crippen molar-refractivity contribution in [2.24, 2.45) is 0 Å². The number of carbonyl (C=O) groups is 2. The molecule has 0 saturated carbocycles. The standard InChI is InChI=1S/C20H19N3O4/c1-21(2)13-15-11-12-22(18-6-4-3-5-17(18)19(15)24)20(25)14-7-9-16(10-8-14)23(26)27/h3-10,13H,11-12H2,1-2H3/b15-13+. The monoisotopic (exact) mass is 365 g/mol. The minimum absolute atomic E-state index is 0.0748. The van der Waals surface area contributed by atoms with Gasteiger partial charge in [-0.25, -0.2) is 0 Å². The van der Waals surface area contributed by atoms with Crippen molar-refractivity contribution in [1.82, 2.24) is 4.90 Å². The van der Waals surface area contributed by atoms with Crippen molar-refractivity contribution in [3.63, 3.8) is 0 Å². The van der Waals surface area contributed by atoms with Crippen LogP contribution in [-0.2, 0) is 0 Å². The van der Waals surface area contributed by atoms with Crippen molar-refractivity contribution >= 4 is 23.1 Å². The zero-order valence-electron chi connectivity index (χ0n) is 15.1. The van der Waals surface area contributed by atoms with Gasteiger partial charge in [0.25, 0.3) is 11.6 Å². The highest BCUT2D eigenvalue weighted by Gasteiger charge is 2.28. The van der Waals surface area contributed by atoms with Crippen molar-refractivity contribution in [3.8, 4) is 0 Å². The van der Waals surface area contributed by atoms with Gasteiger partial charge in [0.05, 0.1) is 10.6 Å². The number of carbonyl (C=O) groups excluding carboxylic acids is 2. The number of rotatable bonds is 3. The van der Waals surface area contributed by atoms with Crippen LogP contribution in [-0.4, -0.2) is 42.2 Å². The van der Waals surface area contributed by atoms with E-state index in [1.165, 1.54) is 24.3 Å². The van der Waals surface area contributed by atoms with E-state index in [1.54, 1.807) is 35.4 Å². The second-order valence-corrected chi connectivity index (χ2v) is 6.47. The maximum Gasteiger partial charge on any atom is 0.269 e. The van der Waals surface area contributed by atoms with Crippen LogP contribution in [0.15, 0.2) is 60.3 Å². The van der Waals surface area contributed by atoms with Crippen LogP contribution in [0.2, 0.25) is 0 Å². The molecule has 7 nitrogen and oxygen atoms in total. The minimum atomic E-state index is -0.507. The molecule has 2 aromatic rings. The molecule has 7 heteroatoms. The van der Waals surface area contributed by atoms with Crippen LogP contribution >= 0.6 is 0 Å². The molecule has 0 aromatic heterocycles. The molecule has 0 unspecified atom stereocenters. The summed E-state index contributed by atoms with van der Waals surface area (Å²) in [5, 5.41) is 10.8.